The zero-order chi connectivity index (χ0) is 20.4. The van der Waals surface area contributed by atoms with Gasteiger partial charge in [0.05, 0.1) is 5.69 Å². The summed E-state index contributed by atoms with van der Waals surface area (Å²) in [5.41, 5.74) is -0.701. The van der Waals surface area contributed by atoms with Crippen LogP contribution in [-0.2, 0) is 9.47 Å². The van der Waals surface area contributed by atoms with Crippen molar-refractivity contribution in [2.75, 3.05) is 13.1 Å². The molecule has 1 N–H and O–H groups in total. The van der Waals surface area contributed by atoms with Crippen molar-refractivity contribution in [3.05, 3.63) is 18.2 Å². The lowest BCUT2D eigenvalue weighted by atomic mass is 9.90. The molecule has 1 fully saturated rings. The number of likely N-dealkylation sites (tertiary alicyclic amines) is 1. The zero-order valence-electron chi connectivity index (χ0n) is 17.1. The van der Waals surface area contributed by atoms with Crippen LogP contribution in [0.5, 0.6) is 0 Å². The number of hydrogen-bond donors (Lipinski definition) is 1. The summed E-state index contributed by atoms with van der Waals surface area (Å²) >= 11 is 0. The molecule has 27 heavy (non-hydrogen) atoms. The standard InChI is InChI=1S/C19H31N3O5/c1-18(2,3)26-16(24)21-9-7-13(8-10-21)15(23)14-11-22(12-20-14)17(25)27-19(4,5)6/h11-13,15,23H,7-10H2,1-6H3. The van der Waals surface area contributed by atoms with Crippen LogP contribution in [-0.4, -0.2) is 56.0 Å². The Morgan fingerprint density at radius 2 is 1.59 bits per heavy atom. The van der Waals surface area contributed by atoms with Gasteiger partial charge in [0.1, 0.15) is 23.6 Å². The summed E-state index contributed by atoms with van der Waals surface area (Å²) in [6.45, 7) is 11.9. The first-order valence-electron chi connectivity index (χ1n) is 9.29. The molecule has 1 atom stereocenters. The average Bonchev–Trinajstić information content (AvgIpc) is 3.01. The topological polar surface area (TPSA) is 93.9 Å². The lowest BCUT2D eigenvalue weighted by Gasteiger charge is -2.34. The van der Waals surface area contributed by atoms with Gasteiger partial charge in [0.2, 0.25) is 0 Å². The number of piperidine rings is 1. The number of rotatable bonds is 2. The lowest BCUT2D eigenvalue weighted by molar-refractivity contribution is 0.00712. The predicted octanol–water partition coefficient (Wildman–Crippen LogP) is 3.35. The van der Waals surface area contributed by atoms with Crippen LogP contribution in [0, 0.1) is 5.92 Å². The second-order valence-electron chi connectivity index (χ2n) is 8.94. The number of carbonyl (C=O) groups is 2. The molecule has 1 aromatic rings. The van der Waals surface area contributed by atoms with Gasteiger partial charge in [-0.1, -0.05) is 0 Å². The van der Waals surface area contributed by atoms with E-state index < -0.39 is 23.4 Å². The van der Waals surface area contributed by atoms with Gasteiger partial charge in [-0.3, -0.25) is 0 Å². The molecule has 0 saturated carbocycles. The molecule has 1 aliphatic heterocycles. The van der Waals surface area contributed by atoms with E-state index in [1.807, 2.05) is 20.8 Å². The summed E-state index contributed by atoms with van der Waals surface area (Å²) in [6.07, 6.45) is 2.47. The van der Waals surface area contributed by atoms with E-state index in [9.17, 15) is 14.7 Å². The minimum absolute atomic E-state index is 0.0364. The summed E-state index contributed by atoms with van der Waals surface area (Å²) in [5, 5.41) is 10.6. The van der Waals surface area contributed by atoms with Gasteiger partial charge >= 0.3 is 12.2 Å². The number of nitrogens with zero attached hydrogens (tertiary/aromatic N) is 3. The van der Waals surface area contributed by atoms with Gasteiger partial charge in [-0.2, -0.15) is 0 Å². The molecule has 1 aliphatic rings. The van der Waals surface area contributed by atoms with E-state index in [4.69, 9.17) is 9.47 Å². The Bertz CT molecular complexity index is 664. The molecule has 1 saturated heterocycles. The largest absolute Gasteiger partial charge is 0.444 e. The molecule has 2 rings (SSSR count). The minimum atomic E-state index is -0.797. The molecule has 1 amide bonds. The first-order valence-corrected chi connectivity index (χ1v) is 9.29. The number of ether oxygens (including phenoxy) is 2. The van der Waals surface area contributed by atoms with Crippen LogP contribution in [0.4, 0.5) is 9.59 Å². The molecular formula is C19H31N3O5. The first kappa shape index (κ1) is 21.2. The molecule has 0 spiro atoms. The van der Waals surface area contributed by atoms with Crippen LogP contribution < -0.4 is 0 Å². The number of imidazole rings is 1. The quantitative estimate of drug-likeness (QED) is 0.844. The lowest BCUT2D eigenvalue weighted by Crippen LogP contribution is -2.42. The molecule has 0 bridgehead atoms. The second kappa shape index (κ2) is 7.88. The van der Waals surface area contributed by atoms with Gasteiger partial charge in [-0.05, 0) is 60.3 Å². The molecule has 8 heteroatoms. The third kappa shape index (κ3) is 6.23. The highest BCUT2D eigenvalue weighted by Crippen LogP contribution is 2.30. The maximum atomic E-state index is 12.1. The fourth-order valence-electron chi connectivity index (χ4n) is 2.87. The Morgan fingerprint density at radius 1 is 1.07 bits per heavy atom. The van der Waals surface area contributed by atoms with Crippen LogP contribution >= 0.6 is 0 Å². The molecular weight excluding hydrogens is 350 g/mol. The van der Waals surface area contributed by atoms with Crippen molar-refractivity contribution in [2.24, 2.45) is 5.92 Å². The Labute approximate surface area is 160 Å². The monoisotopic (exact) mass is 381 g/mol. The van der Waals surface area contributed by atoms with Gasteiger partial charge in [0.25, 0.3) is 0 Å². The van der Waals surface area contributed by atoms with Crippen molar-refractivity contribution in [3.8, 4) is 0 Å². The predicted molar refractivity (Wildman–Crippen MR) is 99.3 cm³/mol. The molecule has 0 radical (unpaired) electrons. The molecule has 2 heterocycles. The SMILES string of the molecule is CC(C)(C)OC(=O)N1CCC(C(O)c2cn(C(=O)OC(C)(C)C)cn2)CC1. The summed E-state index contributed by atoms with van der Waals surface area (Å²) < 4.78 is 11.9. The van der Waals surface area contributed by atoms with Gasteiger partial charge in [0, 0.05) is 19.3 Å². The van der Waals surface area contributed by atoms with Gasteiger partial charge in [-0.15, -0.1) is 0 Å². The highest BCUT2D eigenvalue weighted by molar-refractivity contribution is 5.70. The number of aliphatic hydroxyl groups is 1. The highest BCUT2D eigenvalue weighted by atomic mass is 16.6. The first-order chi connectivity index (χ1) is 12.4. The normalized spacial score (nSPS) is 17.5. The Hall–Kier alpha value is -2.09. The van der Waals surface area contributed by atoms with E-state index in [1.54, 1.807) is 25.7 Å². The van der Waals surface area contributed by atoms with Crippen LogP contribution in [0.1, 0.15) is 66.2 Å². The van der Waals surface area contributed by atoms with E-state index in [2.05, 4.69) is 4.98 Å². The van der Waals surface area contributed by atoms with Crippen LogP contribution in [0.2, 0.25) is 0 Å². The van der Waals surface area contributed by atoms with Gasteiger partial charge < -0.3 is 19.5 Å². The molecule has 1 unspecified atom stereocenters. The van der Waals surface area contributed by atoms with E-state index >= 15 is 0 Å². The number of hydrogen-bond acceptors (Lipinski definition) is 6. The maximum Gasteiger partial charge on any atom is 0.419 e. The highest BCUT2D eigenvalue weighted by Gasteiger charge is 2.31. The van der Waals surface area contributed by atoms with Crippen molar-refractivity contribution < 1.29 is 24.2 Å². The Kier molecular flexibility index (Phi) is 6.19. The van der Waals surface area contributed by atoms with Crippen LogP contribution in [0.25, 0.3) is 0 Å². The van der Waals surface area contributed by atoms with E-state index in [0.717, 1.165) is 0 Å². The third-order valence-electron chi connectivity index (χ3n) is 4.15. The molecule has 0 aliphatic carbocycles. The molecule has 1 aromatic heterocycles. The van der Waals surface area contributed by atoms with Crippen molar-refractivity contribution in [1.82, 2.24) is 14.5 Å². The number of aromatic nitrogens is 2. The number of amides is 1. The fourth-order valence-corrected chi connectivity index (χ4v) is 2.87. The van der Waals surface area contributed by atoms with E-state index in [1.165, 1.54) is 17.1 Å². The van der Waals surface area contributed by atoms with E-state index in [0.29, 0.717) is 31.6 Å². The van der Waals surface area contributed by atoms with E-state index in [-0.39, 0.29) is 12.0 Å². The van der Waals surface area contributed by atoms with Crippen molar-refractivity contribution in [3.63, 3.8) is 0 Å². The van der Waals surface area contributed by atoms with Gasteiger partial charge in [0.15, 0.2) is 0 Å². The Balaban J connectivity index is 1.92. The molecule has 8 nitrogen and oxygen atoms in total. The second-order valence-corrected chi connectivity index (χ2v) is 8.94. The van der Waals surface area contributed by atoms with Crippen molar-refractivity contribution in [2.45, 2.75) is 71.7 Å². The maximum absolute atomic E-state index is 12.1. The Morgan fingerprint density at radius 3 is 2.11 bits per heavy atom. The van der Waals surface area contributed by atoms with Crippen molar-refractivity contribution >= 4 is 12.2 Å². The number of aliphatic hydroxyl groups excluding tert-OH is 1. The summed E-state index contributed by atoms with van der Waals surface area (Å²) in [6, 6.07) is 0. The zero-order valence-corrected chi connectivity index (χ0v) is 17.1. The van der Waals surface area contributed by atoms with Crippen LogP contribution in [0.3, 0.4) is 0 Å². The minimum Gasteiger partial charge on any atom is -0.444 e. The molecule has 152 valence electrons. The average molecular weight is 381 g/mol. The summed E-state index contributed by atoms with van der Waals surface area (Å²) in [7, 11) is 0. The smallest absolute Gasteiger partial charge is 0.419 e. The summed E-state index contributed by atoms with van der Waals surface area (Å²) in [5.74, 6) is -0.0364. The van der Waals surface area contributed by atoms with Crippen molar-refractivity contribution in [1.29, 1.82) is 0 Å². The summed E-state index contributed by atoms with van der Waals surface area (Å²) in [4.78, 5) is 30.0. The fraction of sp³-hybridized carbons (Fsp3) is 0.737. The third-order valence-corrected chi connectivity index (χ3v) is 4.15. The number of carbonyl (C=O) groups excluding carboxylic acids is 2. The van der Waals surface area contributed by atoms with Gasteiger partial charge in [-0.25, -0.2) is 19.1 Å². The molecule has 0 aromatic carbocycles. The van der Waals surface area contributed by atoms with Crippen LogP contribution in [0.15, 0.2) is 12.5 Å².